The van der Waals surface area contributed by atoms with E-state index in [1.807, 2.05) is 24.3 Å². The van der Waals surface area contributed by atoms with Crippen molar-refractivity contribution in [2.24, 2.45) is 0 Å². The number of nitrogens with zero attached hydrogens (tertiary/aromatic N) is 1. The van der Waals surface area contributed by atoms with Crippen LogP contribution in [0.5, 0.6) is 11.6 Å². The number of ether oxygens (including phenoxy) is 1. The Morgan fingerprint density at radius 1 is 1.33 bits per heavy atom. The van der Waals surface area contributed by atoms with Crippen molar-refractivity contribution in [1.29, 1.82) is 0 Å². The summed E-state index contributed by atoms with van der Waals surface area (Å²) in [6, 6.07) is 8.80. The lowest BCUT2D eigenvalue weighted by molar-refractivity contribution is 0.457. The van der Waals surface area contributed by atoms with Gasteiger partial charge in [0.15, 0.2) is 0 Å². The predicted octanol–water partition coefficient (Wildman–Crippen LogP) is 3.20. The number of benzene rings is 1. The molecular formula is C13H11BrN2O2. The second-order valence-corrected chi connectivity index (χ2v) is 5.22. The number of halogens is 1. The molecule has 1 aromatic heterocycles. The van der Waals surface area contributed by atoms with Gasteiger partial charge in [-0.3, -0.25) is 4.79 Å². The summed E-state index contributed by atoms with van der Waals surface area (Å²) in [6.07, 6.45) is 2.17. The molecule has 4 nitrogen and oxygen atoms in total. The number of hydrogen-bond acceptors (Lipinski definition) is 3. The van der Waals surface area contributed by atoms with Crippen molar-refractivity contribution >= 4 is 15.9 Å². The van der Waals surface area contributed by atoms with Crippen LogP contribution < -0.4 is 10.3 Å². The molecule has 0 atom stereocenters. The molecule has 2 aromatic rings. The topological polar surface area (TPSA) is 55.0 Å². The van der Waals surface area contributed by atoms with Crippen LogP contribution >= 0.6 is 15.9 Å². The quantitative estimate of drug-likeness (QED) is 0.947. The van der Waals surface area contributed by atoms with E-state index < -0.39 is 0 Å². The highest BCUT2D eigenvalue weighted by atomic mass is 79.9. The Hall–Kier alpha value is -1.62. The maximum atomic E-state index is 11.5. The van der Waals surface area contributed by atoms with E-state index in [1.54, 1.807) is 0 Å². The second kappa shape index (κ2) is 4.57. The molecule has 3 rings (SSSR count). The van der Waals surface area contributed by atoms with E-state index in [9.17, 15) is 4.79 Å². The number of rotatable bonds is 3. The van der Waals surface area contributed by atoms with Gasteiger partial charge in [0.1, 0.15) is 11.6 Å². The Kier molecular flexibility index (Phi) is 2.91. The van der Waals surface area contributed by atoms with E-state index in [0.717, 1.165) is 23.1 Å². The van der Waals surface area contributed by atoms with Crippen molar-refractivity contribution in [3.05, 3.63) is 51.0 Å². The molecule has 0 unspecified atom stereocenters. The van der Waals surface area contributed by atoms with Crippen molar-refractivity contribution < 1.29 is 4.74 Å². The van der Waals surface area contributed by atoms with Crippen molar-refractivity contribution in [2.75, 3.05) is 0 Å². The van der Waals surface area contributed by atoms with E-state index in [0.29, 0.717) is 17.5 Å². The van der Waals surface area contributed by atoms with Crippen LogP contribution in [-0.2, 0) is 0 Å². The highest BCUT2D eigenvalue weighted by Crippen LogP contribution is 2.38. The normalized spacial score (nSPS) is 14.5. The van der Waals surface area contributed by atoms with E-state index in [-0.39, 0.29) is 5.56 Å². The number of aromatic nitrogens is 2. The standard InChI is InChI=1S/C13H11BrN2O2/c14-9-2-1-3-10(6-9)18-12-7-11(17)15-13(16-12)8-4-5-8/h1-3,6-8H,4-5H2,(H,15,16,17). The molecule has 0 bridgehead atoms. The van der Waals surface area contributed by atoms with Gasteiger partial charge in [-0.2, -0.15) is 4.98 Å². The van der Waals surface area contributed by atoms with Gasteiger partial charge in [0.2, 0.25) is 5.88 Å². The monoisotopic (exact) mass is 306 g/mol. The minimum Gasteiger partial charge on any atom is -0.439 e. The van der Waals surface area contributed by atoms with Gasteiger partial charge in [0.05, 0.1) is 6.07 Å². The van der Waals surface area contributed by atoms with Gasteiger partial charge >= 0.3 is 0 Å². The lowest BCUT2D eigenvalue weighted by Gasteiger charge is -2.06. The summed E-state index contributed by atoms with van der Waals surface area (Å²) in [5.74, 6) is 2.12. The summed E-state index contributed by atoms with van der Waals surface area (Å²) in [6.45, 7) is 0. The summed E-state index contributed by atoms with van der Waals surface area (Å²) in [5.41, 5.74) is -0.170. The minimum absolute atomic E-state index is 0.170. The second-order valence-electron chi connectivity index (χ2n) is 4.30. The molecule has 1 heterocycles. The number of nitrogens with one attached hydrogen (secondary N) is 1. The van der Waals surface area contributed by atoms with E-state index in [2.05, 4.69) is 25.9 Å². The SMILES string of the molecule is O=c1cc(Oc2cccc(Br)c2)nc(C2CC2)[nH]1. The molecule has 0 amide bonds. The third kappa shape index (κ3) is 2.61. The Morgan fingerprint density at radius 2 is 2.17 bits per heavy atom. The molecule has 1 aliphatic carbocycles. The Bertz CT molecular complexity index is 635. The third-order valence-electron chi connectivity index (χ3n) is 2.72. The van der Waals surface area contributed by atoms with Crippen LogP contribution in [0.3, 0.4) is 0 Å². The zero-order valence-electron chi connectivity index (χ0n) is 9.52. The zero-order chi connectivity index (χ0) is 12.5. The summed E-state index contributed by atoms with van der Waals surface area (Å²) in [4.78, 5) is 18.6. The molecule has 0 radical (unpaired) electrons. The van der Waals surface area contributed by atoms with Gasteiger partial charge in [-0.05, 0) is 31.0 Å². The van der Waals surface area contributed by atoms with Crippen LogP contribution in [0.4, 0.5) is 0 Å². The fourth-order valence-corrected chi connectivity index (χ4v) is 2.09. The smallest absolute Gasteiger partial charge is 0.254 e. The first-order chi connectivity index (χ1) is 8.70. The highest BCUT2D eigenvalue weighted by Gasteiger charge is 2.26. The molecule has 0 aliphatic heterocycles. The van der Waals surface area contributed by atoms with Crippen molar-refractivity contribution in [1.82, 2.24) is 9.97 Å². The average Bonchev–Trinajstić information content (AvgIpc) is 3.11. The minimum atomic E-state index is -0.170. The third-order valence-corrected chi connectivity index (χ3v) is 3.21. The Labute approximate surface area is 112 Å². The lowest BCUT2D eigenvalue weighted by Crippen LogP contribution is -2.10. The van der Waals surface area contributed by atoms with E-state index >= 15 is 0 Å². The van der Waals surface area contributed by atoms with E-state index in [4.69, 9.17) is 4.74 Å². The molecule has 1 fully saturated rings. The van der Waals surface area contributed by atoms with Gasteiger partial charge in [-0.1, -0.05) is 22.0 Å². The first-order valence-electron chi connectivity index (χ1n) is 5.75. The first kappa shape index (κ1) is 11.5. The zero-order valence-corrected chi connectivity index (χ0v) is 11.1. The highest BCUT2D eigenvalue weighted by molar-refractivity contribution is 9.10. The maximum absolute atomic E-state index is 11.5. The molecule has 1 aliphatic rings. The summed E-state index contributed by atoms with van der Waals surface area (Å²) in [5, 5.41) is 0. The van der Waals surface area contributed by atoms with Crippen LogP contribution in [0, 0.1) is 0 Å². The van der Waals surface area contributed by atoms with Gasteiger partial charge < -0.3 is 9.72 Å². The fraction of sp³-hybridized carbons (Fsp3) is 0.231. The Morgan fingerprint density at radius 3 is 2.89 bits per heavy atom. The van der Waals surface area contributed by atoms with Gasteiger partial charge in [-0.25, -0.2) is 0 Å². The molecule has 1 saturated carbocycles. The summed E-state index contributed by atoms with van der Waals surface area (Å²) in [7, 11) is 0. The molecule has 92 valence electrons. The largest absolute Gasteiger partial charge is 0.439 e. The molecule has 0 saturated heterocycles. The number of H-pyrrole nitrogens is 1. The van der Waals surface area contributed by atoms with Crippen LogP contribution in [0.15, 0.2) is 39.6 Å². The molecule has 5 heteroatoms. The number of aromatic amines is 1. The first-order valence-corrected chi connectivity index (χ1v) is 6.55. The Balaban J connectivity index is 1.90. The molecule has 1 aromatic carbocycles. The summed E-state index contributed by atoms with van der Waals surface area (Å²) >= 11 is 3.37. The van der Waals surface area contributed by atoms with Crippen molar-refractivity contribution in [3.8, 4) is 11.6 Å². The average molecular weight is 307 g/mol. The molecule has 0 spiro atoms. The van der Waals surface area contributed by atoms with Crippen molar-refractivity contribution in [2.45, 2.75) is 18.8 Å². The summed E-state index contributed by atoms with van der Waals surface area (Å²) < 4.78 is 6.52. The molecular weight excluding hydrogens is 296 g/mol. The predicted molar refractivity (Wildman–Crippen MR) is 71.0 cm³/mol. The van der Waals surface area contributed by atoms with Gasteiger partial charge in [0.25, 0.3) is 5.56 Å². The lowest BCUT2D eigenvalue weighted by atomic mass is 10.3. The van der Waals surface area contributed by atoms with Gasteiger partial charge in [0, 0.05) is 10.4 Å². The van der Waals surface area contributed by atoms with Crippen LogP contribution in [0.1, 0.15) is 24.6 Å². The van der Waals surface area contributed by atoms with E-state index in [1.165, 1.54) is 6.07 Å². The van der Waals surface area contributed by atoms with Gasteiger partial charge in [-0.15, -0.1) is 0 Å². The maximum Gasteiger partial charge on any atom is 0.254 e. The van der Waals surface area contributed by atoms with Crippen LogP contribution in [0.25, 0.3) is 0 Å². The number of hydrogen-bond donors (Lipinski definition) is 1. The molecule has 1 N–H and O–H groups in total. The van der Waals surface area contributed by atoms with Crippen molar-refractivity contribution in [3.63, 3.8) is 0 Å². The molecule has 18 heavy (non-hydrogen) atoms. The fourth-order valence-electron chi connectivity index (χ4n) is 1.71. The van der Waals surface area contributed by atoms with Crippen LogP contribution in [-0.4, -0.2) is 9.97 Å². The van der Waals surface area contributed by atoms with Crippen LogP contribution in [0.2, 0.25) is 0 Å².